The highest BCUT2D eigenvalue weighted by Crippen LogP contribution is 2.28. The van der Waals surface area contributed by atoms with E-state index in [1.165, 1.54) is 11.7 Å². The van der Waals surface area contributed by atoms with Crippen molar-refractivity contribution < 1.29 is 17.6 Å². The summed E-state index contributed by atoms with van der Waals surface area (Å²) in [6.45, 7) is 0. The summed E-state index contributed by atoms with van der Waals surface area (Å²) in [7, 11) is 1.45. The third-order valence-electron chi connectivity index (χ3n) is 3.14. The van der Waals surface area contributed by atoms with Gasteiger partial charge >= 0.3 is 0 Å². The number of benzene rings is 2. The van der Waals surface area contributed by atoms with E-state index in [4.69, 9.17) is 0 Å². The van der Waals surface area contributed by atoms with Crippen LogP contribution in [0.4, 0.5) is 17.6 Å². The van der Waals surface area contributed by atoms with Gasteiger partial charge in [-0.25, -0.2) is 27.2 Å². The van der Waals surface area contributed by atoms with Gasteiger partial charge in [-0.3, -0.25) is 0 Å². The SMILES string of the molecule is Cn1nc(-c2ccccc2)nc1-c1cc(F)c(F)c(F)c1F. The highest BCUT2D eigenvalue weighted by atomic mass is 19.2. The van der Waals surface area contributed by atoms with Crippen molar-refractivity contribution >= 4 is 0 Å². The van der Waals surface area contributed by atoms with E-state index in [2.05, 4.69) is 10.1 Å². The Morgan fingerprint density at radius 3 is 2.27 bits per heavy atom. The van der Waals surface area contributed by atoms with E-state index in [-0.39, 0.29) is 11.6 Å². The Balaban J connectivity index is 2.17. The summed E-state index contributed by atoms with van der Waals surface area (Å²) in [5, 5.41) is 4.08. The molecule has 0 spiro atoms. The highest BCUT2D eigenvalue weighted by molar-refractivity contribution is 5.62. The second-order valence-electron chi connectivity index (χ2n) is 4.60. The third kappa shape index (κ3) is 2.24. The third-order valence-corrected chi connectivity index (χ3v) is 3.14. The molecule has 1 aromatic heterocycles. The van der Waals surface area contributed by atoms with Crippen LogP contribution in [-0.4, -0.2) is 14.8 Å². The highest BCUT2D eigenvalue weighted by Gasteiger charge is 2.23. The molecule has 0 fully saturated rings. The summed E-state index contributed by atoms with van der Waals surface area (Å²) in [5.74, 6) is -6.56. The van der Waals surface area contributed by atoms with Crippen LogP contribution in [0.15, 0.2) is 36.4 Å². The van der Waals surface area contributed by atoms with Crippen molar-refractivity contribution in [3.8, 4) is 22.8 Å². The van der Waals surface area contributed by atoms with Crippen molar-refractivity contribution in [2.45, 2.75) is 0 Å². The van der Waals surface area contributed by atoms with Crippen LogP contribution in [0.25, 0.3) is 22.8 Å². The van der Waals surface area contributed by atoms with Gasteiger partial charge in [0.25, 0.3) is 0 Å². The lowest BCUT2D eigenvalue weighted by molar-refractivity contribution is 0.410. The molecule has 0 atom stereocenters. The van der Waals surface area contributed by atoms with Gasteiger partial charge in [0.05, 0.1) is 5.56 Å². The first-order valence-electron chi connectivity index (χ1n) is 6.29. The Hall–Kier alpha value is -2.70. The molecular formula is C15H9F4N3. The molecule has 0 radical (unpaired) electrons. The van der Waals surface area contributed by atoms with Crippen molar-refractivity contribution in [2.24, 2.45) is 7.05 Å². The van der Waals surface area contributed by atoms with E-state index in [1.807, 2.05) is 0 Å². The van der Waals surface area contributed by atoms with Crippen LogP contribution in [0.5, 0.6) is 0 Å². The van der Waals surface area contributed by atoms with Gasteiger partial charge in [0.1, 0.15) is 0 Å². The molecule has 2 aromatic carbocycles. The van der Waals surface area contributed by atoms with Crippen molar-refractivity contribution in [2.75, 3.05) is 0 Å². The largest absolute Gasteiger partial charge is 0.248 e. The van der Waals surface area contributed by atoms with Gasteiger partial charge < -0.3 is 0 Å². The number of aromatic nitrogens is 3. The first-order chi connectivity index (χ1) is 10.5. The van der Waals surface area contributed by atoms with Gasteiger partial charge in [0.2, 0.25) is 0 Å². The minimum Gasteiger partial charge on any atom is -0.248 e. The number of nitrogens with zero attached hydrogens (tertiary/aromatic N) is 3. The molecule has 0 aliphatic rings. The Kier molecular flexibility index (Phi) is 3.40. The van der Waals surface area contributed by atoms with Gasteiger partial charge in [0, 0.05) is 12.6 Å². The molecule has 3 nitrogen and oxygen atoms in total. The molecule has 0 unspecified atom stereocenters. The second kappa shape index (κ2) is 5.25. The topological polar surface area (TPSA) is 30.7 Å². The molecule has 22 heavy (non-hydrogen) atoms. The van der Waals surface area contributed by atoms with E-state index >= 15 is 0 Å². The maximum absolute atomic E-state index is 13.9. The van der Waals surface area contributed by atoms with Crippen molar-refractivity contribution in [3.05, 3.63) is 59.7 Å². The zero-order chi connectivity index (χ0) is 15.9. The number of hydrogen-bond donors (Lipinski definition) is 0. The van der Waals surface area contributed by atoms with Gasteiger partial charge in [0.15, 0.2) is 34.9 Å². The first-order valence-corrected chi connectivity index (χ1v) is 6.29. The monoisotopic (exact) mass is 307 g/mol. The Morgan fingerprint density at radius 2 is 1.59 bits per heavy atom. The molecule has 3 rings (SSSR count). The molecule has 0 amide bonds. The lowest BCUT2D eigenvalue weighted by Gasteiger charge is -2.04. The Labute approximate surface area is 122 Å². The fraction of sp³-hybridized carbons (Fsp3) is 0.0667. The molecule has 0 saturated heterocycles. The molecule has 1 heterocycles. The number of rotatable bonds is 2. The quantitative estimate of drug-likeness (QED) is 0.410. The van der Waals surface area contributed by atoms with Gasteiger partial charge in [-0.1, -0.05) is 30.3 Å². The number of halogens is 4. The average Bonchev–Trinajstić information content (AvgIpc) is 2.91. The van der Waals surface area contributed by atoms with Crippen LogP contribution in [0, 0.1) is 23.3 Å². The average molecular weight is 307 g/mol. The smallest absolute Gasteiger partial charge is 0.198 e. The number of aryl methyl sites for hydroxylation is 1. The molecule has 0 aliphatic heterocycles. The Morgan fingerprint density at radius 1 is 0.909 bits per heavy atom. The predicted molar refractivity (Wildman–Crippen MR) is 71.7 cm³/mol. The summed E-state index contributed by atoms with van der Waals surface area (Å²) in [6.07, 6.45) is 0. The number of hydrogen-bond acceptors (Lipinski definition) is 2. The van der Waals surface area contributed by atoms with Gasteiger partial charge in [-0.05, 0) is 6.07 Å². The standard InChI is InChI=1S/C15H9F4N3/c1-22-15(9-7-10(16)12(18)13(19)11(9)17)20-14(21-22)8-5-3-2-4-6-8/h2-7H,1H3. The van der Waals surface area contributed by atoms with Gasteiger partial charge in [-0.15, -0.1) is 0 Å². The second-order valence-corrected chi connectivity index (χ2v) is 4.60. The zero-order valence-corrected chi connectivity index (χ0v) is 11.3. The zero-order valence-electron chi connectivity index (χ0n) is 11.3. The van der Waals surface area contributed by atoms with E-state index in [0.29, 0.717) is 11.6 Å². The molecule has 0 bridgehead atoms. The fourth-order valence-electron chi connectivity index (χ4n) is 2.06. The molecule has 112 valence electrons. The summed E-state index contributed by atoms with van der Waals surface area (Å²) >= 11 is 0. The van der Waals surface area contributed by atoms with Crippen molar-refractivity contribution in [1.29, 1.82) is 0 Å². The van der Waals surface area contributed by atoms with Crippen LogP contribution in [0.1, 0.15) is 0 Å². The molecule has 0 N–H and O–H groups in total. The summed E-state index contributed by atoms with van der Waals surface area (Å²) in [6, 6.07) is 9.37. The van der Waals surface area contributed by atoms with Crippen LogP contribution in [0.3, 0.4) is 0 Å². The lowest BCUT2D eigenvalue weighted by atomic mass is 10.1. The first kappa shape index (κ1) is 14.2. The minimum atomic E-state index is -1.88. The molecular weight excluding hydrogens is 298 g/mol. The van der Waals surface area contributed by atoms with E-state index < -0.39 is 28.8 Å². The molecule has 0 saturated carbocycles. The van der Waals surface area contributed by atoms with Gasteiger partial charge in [-0.2, -0.15) is 5.10 Å². The van der Waals surface area contributed by atoms with Crippen molar-refractivity contribution in [3.63, 3.8) is 0 Å². The summed E-state index contributed by atoms with van der Waals surface area (Å²) in [5.41, 5.74) is 0.168. The normalized spacial score (nSPS) is 11.0. The molecule has 7 heteroatoms. The van der Waals surface area contributed by atoms with E-state index in [1.54, 1.807) is 30.3 Å². The van der Waals surface area contributed by atoms with E-state index in [9.17, 15) is 17.6 Å². The fourth-order valence-corrected chi connectivity index (χ4v) is 2.06. The predicted octanol–water partition coefficient (Wildman–Crippen LogP) is 3.71. The molecule has 0 aliphatic carbocycles. The maximum atomic E-state index is 13.9. The summed E-state index contributed by atoms with van der Waals surface area (Å²) < 4.78 is 54.7. The maximum Gasteiger partial charge on any atom is 0.198 e. The van der Waals surface area contributed by atoms with E-state index in [0.717, 1.165) is 0 Å². The van der Waals surface area contributed by atoms with Crippen molar-refractivity contribution in [1.82, 2.24) is 14.8 Å². The summed E-state index contributed by atoms with van der Waals surface area (Å²) in [4.78, 5) is 4.08. The minimum absolute atomic E-state index is 0.103. The van der Waals surface area contributed by atoms with Crippen LogP contribution < -0.4 is 0 Å². The van der Waals surface area contributed by atoms with Crippen LogP contribution >= 0.6 is 0 Å². The Bertz CT molecular complexity index is 844. The molecule has 3 aromatic rings. The lowest BCUT2D eigenvalue weighted by Crippen LogP contribution is -2.02. The van der Waals surface area contributed by atoms with Crippen LogP contribution in [-0.2, 0) is 7.05 Å². The van der Waals surface area contributed by atoms with Crippen LogP contribution in [0.2, 0.25) is 0 Å².